The molecule has 68 valence electrons. The number of carboxylic acids is 1. The van der Waals surface area contributed by atoms with E-state index in [0.717, 1.165) is 0 Å². The van der Waals surface area contributed by atoms with Gasteiger partial charge in [-0.05, 0) is 6.42 Å². The molecule has 5 heteroatoms. The smallest absolute Gasteiger partial charge is 0.320 e. The molecule has 0 aromatic carbocycles. The maximum absolute atomic E-state index is 10.9. The third-order valence-corrected chi connectivity index (χ3v) is 1.96. The van der Waals surface area contributed by atoms with Crippen molar-refractivity contribution in [2.75, 3.05) is 13.7 Å². The zero-order valence-electron chi connectivity index (χ0n) is 6.74. The molecule has 0 unspecified atom stereocenters. The summed E-state index contributed by atoms with van der Waals surface area (Å²) in [6.07, 6.45) is 0.321. The minimum Gasteiger partial charge on any atom is -0.480 e. The van der Waals surface area contributed by atoms with Crippen LogP contribution in [0.5, 0.6) is 0 Å². The molecule has 0 bridgehead atoms. The zero-order valence-corrected chi connectivity index (χ0v) is 6.74. The first-order valence-corrected chi connectivity index (χ1v) is 3.69. The number of hydrogen-bond donors (Lipinski definition) is 2. The number of carbonyl (C=O) groups excluding carboxylic acids is 1. The Labute approximate surface area is 69.7 Å². The molecule has 1 heterocycles. The Hall–Kier alpha value is -1.10. The molecule has 5 nitrogen and oxygen atoms in total. The molecule has 0 spiro atoms. The van der Waals surface area contributed by atoms with E-state index in [2.05, 4.69) is 10.1 Å². The number of methoxy groups -OCH3 is 1. The number of carbonyl (C=O) groups is 2. The number of aliphatic carboxylic acids is 1. The van der Waals surface area contributed by atoms with Crippen LogP contribution in [0.3, 0.4) is 0 Å². The lowest BCUT2D eigenvalue weighted by atomic mass is 10.1. The summed E-state index contributed by atoms with van der Waals surface area (Å²) in [5.74, 6) is -1.57. The standard InChI is InChI=1S/C7H11NO4/c1-12-7(11)4-2-5(6(9)10)8-3-4/h4-5,8H,2-3H2,1H3,(H,9,10)/t4-,5+/m1/s1. The van der Waals surface area contributed by atoms with Crippen molar-refractivity contribution in [3.05, 3.63) is 0 Å². The van der Waals surface area contributed by atoms with Gasteiger partial charge in [0.1, 0.15) is 6.04 Å². The second-order valence-electron chi connectivity index (χ2n) is 2.75. The number of esters is 1. The Balaban J connectivity index is 2.45. The fourth-order valence-corrected chi connectivity index (χ4v) is 1.27. The maximum Gasteiger partial charge on any atom is 0.320 e. The third kappa shape index (κ3) is 1.73. The van der Waals surface area contributed by atoms with E-state index in [1.807, 2.05) is 0 Å². The number of hydrogen-bond acceptors (Lipinski definition) is 4. The van der Waals surface area contributed by atoms with Crippen LogP contribution in [-0.2, 0) is 14.3 Å². The van der Waals surface area contributed by atoms with E-state index in [-0.39, 0.29) is 11.9 Å². The quantitative estimate of drug-likeness (QED) is 0.536. The van der Waals surface area contributed by atoms with Gasteiger partial charge in [0.05, 0.1) is 13.0 Å². The van der Waals surface area contributed by atoms with E-state index < -0.39 is 12.0 Å². The lowest BCUT2D eigenvalue weighted by Gasteiger charge is -2.04. The third-order valence-electron chi connectivity index (χ3n) is 1.96. The molecule has 1 saturated heterocycles. The van der Waals surface area contributed by atoms with Crippen molar-refractivity contribution >= 4 is 11.9 Å². The van der Waals surface area contributed by atoms with Gasteiger partial charge in [-0.25, -0.2) is 0 Å². The first-order chi connectivity index (χ1) is 5.65. The van der Waals surface area contributed by atoms with Gasteiger partial charge in [0.25, 0.3) is 0 Å². The summed E-state index contributed by atoms with van der Waals surface area (Å²) in [5, 5.41) is 11.3. The molecule has 2 atom stereocenters. The molecule has 0 amide bonds. The van der Waals surface area contributed by atoms with E-state index in [1.165, 1.54) is 7.11 Å². The van der Waals surface area contributed by atoms with Gasteiger partial charge in [-0.3, -0.25) is 9.59 Å². The van der Waals surface area contributed by atoms with Gasteiger partial charge in [0, 0.05) is 6.54 Å². The predicted molar refractivity (Wildman–Crippen MR) is 39.5 cm³/mol. The van der Waals surface area contributed by atoms with Crippen LogP contribution >= 0.6 is 0 Å². The highest BCUT2D eigenvalue weighted by Gasteiger charge is 2.33. The van der Waals surface area contributed by atoms with Crippen LogP contribution in [0.4, 0.5) is 0 Å². The van der Waals surface area contributed by atoms with Crippen LogP contribution in [0.1, 0.15) is 6.42 Å². The van der Waals surface area contributed by atoms with E-state index in [9.17, 15) is 9.59 Å². The lowest BCUT2D eigenvalue weighted by Crippen LogP contribution is -2.29. The molecule has 12 heavy (non-hydrogen) atoms. The van der Waals surface area contributed by atoms with E-state index >= 15 is 0 Å². The van der Waals surface area contributed by atoms with Gasteiger partial charge in [0.2, 0.25) is 0 Å². The highest BCUT2D eigenvalue weighted by Crippen LogP contribution is 2.15. The number of carboxylic acid groups (broad SMARTS) is 1. The monoisotopic (exact) mass is 173 g/mol. The van der Waals surface area contributed by atoms with Gasteiger partial charge < -0.3 is 15.2 Å². The molecule has 0 radical (unpaired) electrons. The SMILES string of the molecule is COC(=O)[C@H]1CN[C@H](C(=O)O)C1. The number of rotatable bonds is 2. The lowest BCUT2D eigenvalue weighted by molar-refractivity contribution is -0.144. The van der Waals surface area contributed by atoms with Crippen molar-refractivity contribution in [3.8, 4) is 0 Å². The van der Waals surface area contributed by atoms with Crippen LogP contribution in [0.2, 0.25) is 0 Å². The molecule has 0 aromatic rings. The highest BCUT2D eigenvalue weighted by atomic mass is 16.5. The molecule has 0 saturated carbocycles. The second-order valence-corrected chi connectivity index (χ2v) is 2.75. The van der Waals surface area contributed by atoms with Crippen LogP contribution < -0.4 is 5.32 Å². The fourth-order valence-electron chi connectivity index (χ4n) is 1.27. The van der Waals surface area contributed by atoms with Gasteiger partial charge in [-0.1, -0.05) is 0 Å². The van der Waals surface area contributed by atoms with E-state index in [1.54, 1.807) is 0 Å². The van der Waals surface area contributed by atoms with E-state index in [0.29, 0.717) is 13.0 Å². The molecule has 1 fully saturated rings. The topological polar surface area (TPSA) is 75.6 Å². The molecule has 2 N–H and O–H groups in total. The van der Waals surface area contributed by atoms with Crippen molar-refractivity contribution in [3.63, 3.8) is 0 Å². The van der Waals surface area contributed by atoms with Gasteiger partial charge in [-0.15, -0.1) is 0 Å². The summed E-state index contributed by atoms with van der Waals surface area (Å²) in [7, 11) is 1.30. The first-order valence-electron chi connectivity index (χ1n) is 3.69. The predicted octanol–water partition coefficient (Wildman–Crippen LogP) is -0.778. The molecule has 1 aliphatic heterocycles. The van der Waals surface area contributed by atoms with Gasteiger partial charge in [-0.2, -0.15) is 0 Å². The summed E-state index contributed by atoms with van der Waals surface area (Å²) in [4.78, 5) is 21.4. The molecule has 1 aliphatic rings. The Morgan fingerprint density at radius 1 is 1.58 bits per heavy atom. The summed E-state index contributed by atoms with van der Waals surface area (Å²) in [6, 6.07) is -0.603. The first kappa shape index (κ1) is 8.99. The van der Waals surface area contributed by atoms with Crippen LogP contribution in [0, 0.1) is 5.92 Å². The van der Waals surface area contributed by atoms with Crippen LogP contribution in [-0.4, -0.2) is 36.7 Å². The second kappa shape index (κ2) is 3.53. The van der Waals surface area contributed by atoms with Gasteiger partial charge >= 0.3 is 11.9 Å². The fraction of sp³-hybridized carbons (Fsp3) is 0.714. The Morgan fingerprint density at radius 2 is 2.25 bits per heavy atom. The Kier molecular flexibility index (Phi) is 2.65. The summed E-state index contributed by atoms with van der Waals surface area (Å²) >= 11 is 0. The van der Waals surface area contributed by atoms with Crippen LogP contribution in [0.15, 0.2) is 0 Å². The number of nitrogens with one attached hydrogen (secondary N) is 1. The highest BCUT2D eigenvalue weighted by molar-refractivity contribution is 5.78. The summed E-state index contributed by atoms with van der Waals surface area (Å²) in [5.41, 5.74) is 0. The minimum atomic E-state index is -0.915. The summed E-state index contributed by atoms with van der Waals surface area (Å²) in [6.45, 7) is 0.393. The van der Waals surface area contributed by atoms with Crippen molar-refractivity contribution < 1.29 is 19.4 Å². The van der Waals surface area contributed by atoms with Crippen molar-refractivity contribution in [2.45, 2.75) is 12.5 Å². The molecule has 0 aromatic heterocycles. The van der Waals surface area contributed by atoms with Crippen LogP contribution in [0.25, 0.3) is 0 Å². The Morgan fingerprint density at radius 3 is 2.67 bits per heavy atom. The molecular weight excluding hydrogens is 162 g/mol. The summed E-state index contributed by atoms with van der Waals surface area (Å²) < 4.78 is 4.49. The molecule has 1 rings (SSSR count). The van der Waals surface area contributed by atoms with Crippen molar-refractivity contribution in [2.24, 2.45) is 5.92 Å². The molecular formula is C7H11NO4. The Bertz CT molecular complexity index is 204. The van der Waals surface area contributed by atoms with Gasteiger partial charge in [0.15, 0.2) is 0 Å². The van der Waals surface area contributed by atoms with Crippen molar-refractivity contribution in [1.82, 2.24) is 5.32 Å². The number of ether oxygens (including phenoxy) is 1. The average Bonchev–Trinajstić information content (AvgIpc) is 2.51. The normalized spacial score (nSPS) is 28.4. The zero-order chi connectivity index (χ0) is 9.14. The maximum atomic E-state index is 10.9. The van der Waals surface area contributed by atoms with Crippen molar-refractivity contribution in [1.29, 1.82) is 0 Å². The minimum absolute atomic E-state index is 0.309. The largest absolute Gasteiger partial charge is 0.480 e. The average molecular weight is 173 g/mol. The van der Waals surface area contributed by atoms with E-state index in [4.69, 9.17) is 5.11 Å². The molecule has 0 aliphatic carbocycles.